The SMILES string of the molecule is O=C(O)c1ccnc2c1C(Cc1ccncc1)(Cc1ccnc(F)c1)c1cccnc1-2. The molecule has 1 aliphatic carbocycles. The monoisotopic (exact) mass is 412 g/mol. The molecule has 4 aromatic rings. The Kier molecular flexibility index (Phi) is 4.51. The largest absolute Gasteiger partial charge is 0.478 e. The van der Waals surface area contributed by atoms with Crippen LogP contribution in [0, 0.1) is 5.95 Å². The minimum Gasteiger partial charge on any atom is -0.478 e. The molecule has 0 bridgehead atoms. The zero-order chi connectivity index (χ0) is 21.4. The van der Waals surface area contributed by atoms with Crippen molar-refractivity contribution in [3.05, 3.63) is 107 Å². The van der Waals surface area contributed by atoms with Gasteiger partial charge in [-0.05, 0) is 65.9 Å². The smallest absolute Gasteiger partial charge is 0.336 e. The maximum atomic E-state index is 14.0. The highest BCUT2D eigenvalue weighted by atomic mass is 19.1. The Morgan fingerprint density at radius 2 is 1.58 bits per heavy atom. The van der Waals surface area contributed by atoms with E-state index in [9.17, 15) is 14.3 Å². The van der Waals surface area contributed by atoms with Crippen molar-refractivity contribution >= 4 is 5.97 Å². The third-order valence-corrected chi connectivity index (χ3v) is 5.76. The molecule has 1 N–H and O–H groups in total. The molecule has 0 saturated carbocycles. The summed E-state index contributed by atoms with van der Waals surface area (Å²) in [5, 5.41) is 10.0. The van der Waals surface area contributed by atoms with Gasteiger partial charge in [0.1, 0.15) is 0 Å². The van der Waals surface area contributed by atoms with Crippen LogP contribution < -0.4 is 0 Å². The van der Waals surface area contributed by atoms with E-state index in [4.69, 9.17) is 0 Å². The maximum Gasteiger partial charge on any atom is 0.336 e. The lowest BCUT2D eigenvalue weighted by molar-refractivity contribution is 0.0694. The third-order valence-electron chi connectivity index (χ3n) is 5.76. The molecule has 0 aromatic carbocycles. The number of carboxylic acids is 1. The van der Waals surface area contributed by atoms with E-state index in [0.717, 1.165) is 11.1 Å². The van der Waals surface area contributed by atoms with Gasteiger partial charge < -0.3 is 5.11 Å². The Hall–Kier alpha value is -4.00. The van der Waals surface area contributed by atoms with E-state index in [-0.39, 0.29) is 5.56 Å². The van der Waals surface area contributed by atoms with E-state index < -0.39 is 17.3 Å². The quantitative estimate of drug-likeness (QED) is 0.501. The molecule has 152 valence electrons. The van der Waals surface area contributed by atoms with Gasteiger partial charge in [0, 0.05) is 42.0 Å². The highest BCUT2D eigenvalue weighted by molar-refractivity contribution is 5.94. The van der Waals surface area contributed by atoms with Gasteiger partial charge in [-0.25, -0.2) is 9.78 Å². The molecular weight excluding hydrogens is 395 g/mol. The first-order valence-corrected chi connectivity index (χ1v) is 9.76. The fourth-order valence-corrected chi connectivity index (χ4v) is 4.60. The van der Waals surface area contributed by atoms with Crippen molar-refractivity contribution in [2.45, 2.75) is 18.3 Å². The molecule has 0 amide bonds. The molecule has 0 spiro atoms. The predicted octanol–water partition coefficient (Wildman–Crippen LogP) is 3.86. The number of pyridine rings is 4. The average Bonchev–Trinajstić information content (AvgIpc) is 3.04. The van der Waals surface area contributed by atoms with Gasteiger partial charge in [0.15, 0.2) is 0 Å². The summed E-state index contributed by atoms with van der Waals surface area (Å²) in [6.45, 7) is 0. The van der Waals surface area contributed by atoms with Gasteiger partial charge in [-0.15, -0.1) is 0 Å². The highest BCUT2D eigenvalue weighted by Gasteiger charge is 2.47. The first-order valence-electron chi connectivity index (χ1n) is 9.76. The van der Waals surface area contributed by atoms with Crippen molar-refractivity contribution in [1.29, 1.82) is 0 Å². The van der Waals surface area contributed by atoms with Crippen molar-refractivity contribution in [3.8, 4) is 11.4 Å². The molecule has 1 aliphatic rings. The Morgan fingerprint density at radius 1 is 0.871 bits per heavy atom. The standard InChI is InChI=1S/C24H17FN4O2/c25-19-12-16(5-10-27-19)14-24(13-15-3-8-26-9-4-15)18-2-1-7-28-21(18)22-20(24)17(23(30)31)6-11-29-22/h1-12H,13-14H2,(H,30,31). The summed E-state index contributed by atoms with van der Waals surface area (Å²) in [5.74, 6) is -1.61. The summed E-state index contributed by atoms with van der Waals surface area (Å²) in [6.07, 6.45) is 8.85. The van der Waals surface area contributed by atoms with Gasteiger partial charge in [-0.2, -0.15) is 4.39 Å². The van der Waals surface area contributed by atoms with Crippen LogP contribution in [0.2, 0.25) is 0 Å². The molecule has 0 fully saturated rings. The first kappa shape index (κ1) is 19.0. The van der Waals surface area contributed by atoms with E-state index in [1.165, 1.54) is 24.5 Å². The Labute approximate surface area is 177 Å². The van der Waals surface area contributed by atoms with E-state index >= 15 is 0 Å². The van der Waals surface area contributed by atoms with Crippen LogP contribution in [-0.2, 0) is 18.3 Å². The maximum absolute atomic E-state index is 14.0. The fraction of sp³-hybridized carbons (Fsp3) is 0.125. The molecule has 5 rings (SSSR count). The number of hydrogen-bond acceptors (Lipinski definition) is 5. The van der Waals surface area contributed by atoms with E-state index in [2.05, 4.69) is 19.9 Å². The molecular formula is C24H17FN4O2. The average molecular weight is 412 g/mol. The van der Waals surface area contributed by atoms with E-state index in [1.807, 2.05) is 24.3 Å². The lowest BCUT2D eigenvalue weighted by Gasteiger charge is -2.33. The zero-order valence-corrected chi connectivity index (χ0v) is 16.4. The number of aromatic carboxylic acids is 1. The fourth-order valence-electron chi connectivity index (χ4n) is 4.60. The van der Waals surface area contributed by atoms with E-state index in [1.54, 1.807) is 24.7 Å². The number of halogens is 1. The molecule has 31 heavy (non-hydrogen) atoms. The van der Waals surface area contributed by atoms with Gasteiger partial charge in [0.25, 0.3) is 0 Å². The van der Waals surface area contributed by atoms with Crippen LogP contribution in [0.15, 0.2) is 73.4 Å². The van der Waals surface area contributed by atoms with Crippen molar-refractivity contribution in [1.82, 2.24) is 19.9 Å². The summed E-state index contributed by atoms with van der Waals surface area (Å²) in [7, 11) is 0. The van der Waals surface area contributed by atoms with Gasteiger partial charge in [0.05, 0.1) is 17.0 Å². The van der Waals surface area contributed by atoms with Crippen LogP contribution in [0.3, 0.4) is 0 Å². The Bertz CT molecular complexity index is 1300. The van der Waals surface area contributed by atoms with Crippen molar-refractivity contribution in [2.24, 2.45) is 0 Å². The molecule has 4 heterocycles. The second-order valence-electron chi connectivity index (χ2n) is 7.56. The number of fused-ring (bicyclic) bond motifs is 3. The van der Waals surface area contributed by atoms with Gasteiger partial charge in [-0.3, -0.25) is 15.0 Å². The minimum absolute atomic E-state index is 0.173. The molecule has 0 saturated heterocycles. The molecule has 4 aromatic heterocycles. The minimum atomic E-state index is -1.04. The summed E-state index contributed by atoms with van der Waals surface area (Å²) >= 11 is 0. The summed E-state index contributed by atoms with van der Waals surface area (Å²) in [5.41, 5.74) is 3.76. The predicted molar refractivity (Wildman–Crippen MR) is 111 cm³/mol. The Balaban J connectivity index is 1.82. The van der Waals surface area contributed by atoms with E-state index in [0.29, 0.717) is 35.4 Å². The van der Waals surface area contributed by atoms with Crippen molar-refractivity contribution < 1.29 is 14.3 Å². The lowest BCUT2D eigenvalue weighted by atomic mass is 9.69. The number of carbonyl (C=O) groups is 1. The summed E-state index contributed by atoms with van der Waals surface area (Å²) in [6, 6.07) is 12.2. The first-order chi connectivity index (χ1) is 15.1. The number of aromatic nitrogens is 4. The second kappa shape index (κ2) is 7.36. The van der Waals surface area contributed by atoms with Gasteiger partial charge in [0.2, 0.25) is 5.95 Å². The lowest BCUT2D eigenvalue weighted by Crippen LogP contribution is -2.33. The second-order valence-corrected chi connectivity index (χ2v) is 7.56. The molecule has 1 atom stereocenters. The molecule has 1 unspecified atom stereocenters. The highest BCUT2D eigenvalue weighted by Crippen LogP contribution is 2.51. The van der Waals surface area contributed by atoms with Crippen LogP contribution in [0.25, 0.3) is 11.4 Å². The molecule has 7 heteroatoms. The normalized spacial score (nSPS) is 16.5. The van der Waals surface area contributed by atoms with Crippen molar-refractivity contribution in [2.75, 3.05) is 0 Å². The van der Waals surface area contributed by atoms with Crippen LogP contribution in [-0.4, -0.2) is 31.0 Å². The molecule has 6 nitrogen and oxygen atoms in total. The molecule has 0 radical (unpaired) electrons. The number of hydrogen-bond donors (Lipinski definition) is 1. The number of rotatable bonds is 5. The van der Waals surface area contributed by atoms with Crippen LogP contribution in [0.1, 0.15) is 32.6 Å². The summed E-state index contributed by atoms with van der Waals surface area (Å²) in [4.78, 5) is 29.0. The van der Waals surface area contributed by atoms with Crippen molar-refractivity contribution in [3.63, 3.8) is 0 Å². The van der Waals surface area contributed by atoms with Gasteiger partial charge in [-0.1, -0.05) is 6.07 Å². The van der Waals surface area contributed by atoms with Gasteiger partial charge >= 0.3 is 5.97 Å². The zero-order valence-electron chi connectivity index (χ0n) is 16.4. The molecule has 0 aliphatic heterocycles. The van der Waals surface area contributed by atoms with Crippen LogP contribution in [0.5, 0.6) is 0 Å². The third kappa shape index (κ3) is 3.15. The topological polar surface area (TPSA) is 88.9 Å². The van der Waals surface area contributed by atoms with Crippen LogP contribution >= 0.6 is 0 Å². The number of nitrogens with zero attached hydrogens (tertiary/aromatic N) is 4. The Morgan fingerprint density at radius 3 is 2.35 bits per heavy atom. The van der Waals surface area contributed by atoms with Crippen LogP contribution in [0.4, 0.5) is 4.39 Å². The number of carboxylic acid groups (broad SMARTS) is 1. The summed E-state index contributed by atoms with van der Waals surface area (Å²) < 4.78 is 14.0.